The second-order valence-corrected chi connectivity index (χ2v) is 9.08. The van der Waals surface area contributed by atoms with Gasteiger partial charge in [0.25, 0.3) is 0 Å². The van der Waals surface area contributed by atoms with Gasteiger partial charge >= 0.3 is 12.1 Å². The summed E-state index contributed by atoms with van der Waals surface area (Å²) in [4.78, 5) is 36.5. The van der Waals surface area contributed by atoms with Crippen molar-refractivity contribution in [1.29, 1.82) is 0 Å². The van der Waals surface area contributed by atoms with Crippen molar-refractivity contribution in [3.05, 3.63) is 59.7 Å². The van der Waals surface area contributed by atoms with Crippen molar-refractivity contribution in [1.82, 2.24) is 10.6 Å². The van der Waals surface area contributed by atoms with Crippen molar-refractivity contribution in [2.75, 3.05) is 6.61 Å². The van der Waals surface area contributed by atoms with Gasteiger partial charge in [-0.05, 0) is 48.9 Å². The third-order valence-corrected chi connectivity index (χ3v) is 5.94. The Hall–Kier alpha value is -3.35. The minimum absolute atomic E-state index is 0.0203. The van der Waals surface area contributed by atoms with E-state index in [9.17, 15) is 14.4 Å². The molecule has 2 amide bonds. The predicted molar refractivity (Wildman–Crippen MR) is 126 cm³/mol. The van der Waals surface area contributed by atoms with E-state index < -0.39 is 29.6 Å². The van der Waals surface area contributed by atoms with Gasteiger partial charge in [0.05, 0.1) is 0 Å². The van der Waals surface area contributed by atoms with Gasteiger partial charge in [-0.3, -0.25) is 9.59 Å². The fourth-order valence-corrected chi connectivity index (χ4v) is 4.43. The number of hydrogen-bond acceptors (Lipinski definition) is 4. The number of ether oxygens (including phenoxy) is 1. The zero-order valence-electron chi connectivity index (χ0n) is 19.4. The first kappa shape index (κ1) is 24.3. The van der Waals surface area contributed by atoms with E-state index in [0.717, 1.165) is 35.1 Å². The van der Waals surface area contributed by atoms with Crippen LogP contribution in [-0.2, 0) is 14.3 Å². The quantitative estimate of drug-likeness (QED) is 0.494. The monoisotopic (exact) mass is 452 g/mol. The molecule has 2 aromatic carbocycles. The lowest BCUT2D eigenvalue weighted by Crippen LogP contribution is -2.53. The van der Waals surface area contributed by atoms with Gasteiger partial charge < -0.3 is 20.5 Å². The molecule has 176 valence electrons. The Kier molecular flexibility index (Phi) is 7.74. The van der Waals surface area contributed by atoms with Crippen LogP contribution in [0.2, 0.25) is 0 Å². The van der Waals surface area contributed by atoms with Crippen LogP contribution in [0.25, 0.3) is 11.1 Å². The van der Waals surface area contributed by atoms with E-state index in [-0.39, 0.29) is 25.4 Å². The van der Waals surface area contributed by atoms with Gasteiger partial charge in [-0.1, -0.05) is 61.9 Å². The molecule has 33 heavy (non-hydrogen) atoms. The predicted octanol–water partition coefficient (Wildman–Crippen LogP) is 4.45. The fourth-order valence-electron chi connectivity index (χ4n) is 4.43. The van der Waals surface area contributed by atoms with Crippen LogP contribution in [-0.4, -0.2) is 41.3 Å². The first-order chi connectivity index (χ1) is 15.7. The minimum Gasteiger partial charge on any atom is -0.481 e. The number of fused-ring (bicyclic) bond motifs is 3. The number of carboxylic acids is 1. The molecule has 0 heterocycles. The Morgan fingerprint density at radius 1 is 1.03 bits per heavy atom. The Labute approximate surface area is 194 Å². The summed E-state index contributed by atoms with van der Waals surface area (Å²) >= 11 is 0. The molecule has 3 rings (SSSR count). The van der Waals surface area contributed by atoms with Crippen LogP contribution in [0.1, 0.15) is 63.5 Å². The molecule has 0 saturated carbocycles. The molecule has 1 atom stereocenters. The Bertz CT molecular complexity index is 972. The fraction of sp³-hybridized carbons (Fsp3) is 0.423. The highest BCUT2D eigenvalue weighted by atomic mass is 16.5. The molecule has 1 aliphatic rings. The maximum atomic E-state index is 12.8. The molecule has 7 nitrogen and oxygen atoms in total. The van der Waals surface area contributed by atoms with E-state index in [2.05, 4.69) is 22.8 Å². The van der Waals surface area contributed by atoms with Gasteiger partial charge in [-0.2, -0.15) is 0 Å². The highest BCUT2D eigenvalue weighted by Crippen LogP contribution is 2.44. The summed E-state index contributed by atoms with van der Waals surface area (Å²) in [6.45, 7) is 5.94. The summed E-state index contributed by atoms with van der Waals surface area (Å²) in [6, 6.07) is 15.1. The van der Waals surface area contributed by atoms with Crippen molar-refractivity contribution in [2.45, 2.75) is 64.0 Å². The second kappa shape index (κ2) is 10.5. The number of amides is 2. The van der Waals surface area contributed by atoms with Crippen LogP contribution in [0.4, 0.5) is 4.79 Å². The normalized spacial score (nSPS) is 13.5. The third-order valence-electron chi connectivity index (χ3n) is 5.94. The number of alkyl carbamates (subject to hydrolysis) is 1. The van der Waals surface area contributed by atoms with Crippen LogP contribution < -0.4 is 10.6 Å². The molecule has 0 saturated heterocycles. The first-order valence-corrected chi connectivity index (χ1v) is 11.4. The van der Waals surface area contributed by atoms with E-state index in [1.807, 2.05) is 57.2 Å². The minimum atomic E-state index is -1.03. The van der Waals surface area contributed by atoms with Gasteiger partial charge in [0.2, 0.25) is 5.91 Å². The number of carbonyl (C=O) groups is 3. The van der Waals surface area contributed by atoms with Gasteiger partial charge in [-0.25, -0.2) is 4.79 Å². The first-order valence-electron chi connectivity index (χ1n) is 11.4. The zero-order valence-corrected chi connectivity index (χ0v) is 19.4. The summed E-state index contributed by atoms with van der Waals surface area (Å²) in [5.41, 5.74) is 3.97. The molecule has 0 bridgehead atoms. The molecule has 1 unspecified atom stereocenters. The maximum Gasteiger partial charge on any atom is 0.407 e. The molecular formula is C26H32N2O5. The van der Waals surface area contributed by atoms with Crippen LogP contribution in [0.5, 0.6) is 0 Å². The number of aliphatic carboxylic acids is 1. The van der Waals surface area contributed by atoms with Crippen LogP contribution in [0.3, 0.4) is 0 Å². The second-order valence-electron chi connectivity index (χ2n) is 9.08. The van der Waals surface area contributed by atoms with E-state index in [1.165, 1.54) is 0 Å². The van der Waals surface area contributed by atoms with Crippen LogP contribution in [0, 0.1) is 0 Å². The average molecular weight is 453 g/mol. The number of hydrogen-bond donors (Lipinski definition) is 3. The lowest BCUT2D eigenvalue weighted by molar-refractivity contribution is -0.137. The molecule has 7 heteroatoms. The van der Waals surface area contributed by atoms with E-state index in [4.69, 9.17) is 9.84 Å². The Morgan fingerprint density at radius 2 is 1.61 bits per heavy atom. The Morgan fingerprint density at radius 3 is 2.15 bits per heavy atom. The third kappa shape index (κ3) is 6.12. The van der Waals surface area contributed by atoms with Gasteiger partial charge in [-0.15, -0.1) is 0 Å². The Balaban J connectivity index is 1.67. The van der Waals surface area contributed by atoms with Gasteiger partial charge in [0.15, 0.2) is 0 Å². The molecule has 0 aliphatic heterocycles. The SMILES string of the molecule is CCCC(C)(C)NC(=O)C(CCC(=O)O)NC(=O)OCC1c2ccccc2-c2ccccc21. The summed E-state index contributed by atoms with van der Waals surface area (Å²) in [5, 5.41) is 14.5. The highest BCUT2D eigenvalue weighted by molar-refractivity contribution is 5.86. The lowest BCUT2D eigenvalue weighted by atomic mass is 9.98. The van der Waals surface area contributed by atoms with Gasteiger partial charge in [0.1, 0.15) is 12.6 Å². The summed E-state index contributed by atoms with van der Waals surface area (Å²) in [6.07, 6.45) is 0.641. The number of rotatable bonds is 10. The molecule has 3 N–H and O–H groups in total. The summed E-state index contributed by atoms with van der Waals surface area (Å²) < 4.78 is 5.53. The van der Waals surface area contributed by atoms with E-state index in [1.54, 1.807) is 0 Å². The highest BCUT2D eigenvalue weighted by Gasteiger charge is 2.31. The van der Waals surface area contributed by atoms with Crippen molar-refractivity contribution in [2.24, 2.45) is 0 Å². The van der Waals surface area contributed by atoms with Crippen molar-refractivity contribution in [3.63, 3.8) is 0 Å². The smallest absolute Gasteiger partial charge is 0.407 e. The molecule has 0 spiro atoms. The number of nitrogens with one attached hydrogen (secondary N) is 2. The standard InChI is InChI=1S/C26H32N2O5/c1-4-15-26(2,3)28-24(31)22(13-14-23(29)30)27-25(32)33-16-21-19-11-7-5-9-17(19)18-10-6-8-12-20(18)21/h5-12,21-22H,4,13-16H2,1-3H3,(H,27,32)(H,28,31)(H,29,30). The maximum absolute atomic E-state index is 12.8. The van der Waals surface area contributed by atoms with Crippen molar-refractivity contribution in [3.8, 4) is 11.1 Å². The number of carboxylic acid groups (broad SMARTS) is 1. The molecule has 1 aliphatic carbocycles. The molecule has 0 aromatic heterocycles. The van der Waals surface area contributed by atoms with E-state index >= 15 is 0 Å². The summed E-state index contributed by atoms with van der Waals surface area (Å²) in [7, 11) is 0. The average Bonchev–Trinajstić information content (AvgIpc) is 3.08. The number of carbonyl (C=O) groups excluding carboxylic acids is 2. The topological polar surface area (TPSA) is 105 Å². The molecule has 2 aromatic rings. The van der Waals surface area contributed by atoms with Crippen molar-refractivity contribution >= 4 is 18.0 Å². The lowest BCUT2D eigenvalue weighted by Gasteiger charge is -2.28. The molecular weight excluding hydrogens is 420 g/mol. The van der Waals surface area contributed by atoms with E-state index in [0.29, 0.717) is 0 Å². The van der Waals surface area contributed by atoms with Crippen molar-refractivity contribution < 1.29 is 24.2 Å². The van der Waals surface area contributed by atoms with Crippen LogP contribution >= 0.6 is 0 Å². The molecule has 0 radical (unpaired) electrons. The van der Waals surface area contributed by atoms with Gasteiger partial charge in [0, 0.05) is 17.9 Å². The summed E-state index contributed by atoms with van der Waals surface area (Å²) in [5.74, 6) is -1.55. The number of benzene rings is 2. The zero-order chi connectivity index (χ0) is 24.0. The van der Waals surface area contributed by atoms with Crippen LogP contribution in [0.15, 0.2) is 48.5 Å². The molecule has 0 fully saturated rings. The largest absolute Gasteiger partial charge is 0.481 e.